The van der Waals surface area contributed by atoms with E-state index in [4.69, 9.17) is 0 Å². The Labute approximate surface area is 127 Å². The van der Waals surface area contributed by atoms with E-state index in [9.17, 15) is 0 Å². The van der Waals surface area contributed by atoms with E-state index in [0.29, 0.717) is 12.1 Å². The maximum Gasteiger partial charge on any atom is 0.0701 e. The summed E-state index contributed by atoms with van der Waals surface area (Å²) in [6, 6.07) is 7.19. The van der Waals surface area contributed by atoms with Crippen molar-refractivity contribution in [2.45, 2.75) is 38.8 Å². The summed E-state index contributed by atoms with van der Waals surface area (Å²) in [5.41, 5.74) is 1.14. The van der Waals surface area contributed by atoms with Gasteiger partial charge in [0.2, 0.25) is 0 Å². The number of rotatable bonds is 6. The Hall–Kier alpha value is -0.650. The summed E-state index contributed by atoms with van der Waals surface area (Å²) in [6.07, 6.45) is 4.11. The normalized spacial score (nSPS) is 14.5. The van der Waals surface area contributed by atoms with Crippen LogP contribution in [0.15, 0.2) is 28.2 Å². The molecule has 0 aliphatic rings. The zero-order valence-electron chi connectivity index (χ0n) is 11.6. The van der Waals surface area contributed by atoms with Gasteiger partial charge in [-0.25, -0.2) is 0 Å². The van der Waals surface area contributed by atoms with E-state index in [-0.39, 0.29) is 0 Å². The molecule has 0 amide bonds. The van der Waals surface area contributed by atoms with Crippen LogP contribution in [0.1, 0.15) is 42.9 Å². The molecule has 0 aliphatic heterocycles. The Morgan fingerprint density at radius 3 is 2.79 bits per heavy atom. The SMILES string of the molecule is CCC(C)n1ccc(CC(NC)c2ccc(Br)s2)n1. The maximum absolute atomic E-state index is 4.67. The fraction of sp³-hybridized carbons (Fsp3) is 0.500. The van der Waals surface area contributed by atoms with Crippen LogP contribution in [0.5, 0.6) is 0 Å². The van der Waals surface area contributed by atoms with Gasteiger partial charge in [-0.2, -0.15) is 5.10 Å². The van der Waals surface area contributed by atoms with Gasteiger partial charge in [0, 0.05) is 29.6 Å². The van der Waals surface area contributed by atoms with Crippen molar-refractivity contribution in [3.05, 3.63) is 38.8 Å². The van der Waals surface area contributed by atoms with E-state index in [1.54, 1.807) is 11.3 Å². The van der Waals surface area contributed by atoms with E-state index in [1.807, 2.05) is 7.05 Å². The Bertz CT molecular complexity index is 520. The third kappa shape index (κ3) is 3.68. The summed E-state index contributed by atoms with van der Waals surface area (Å²) in [5.74, 6) is 0. The Balaban J connectivity index is 2.08. The molecule has 104 valence electrons. The number of likely N-dealkylation sites (N-methyl/N-ethyl adjacent to an activating group) is 1. The highest BCUT2D eigenvalue weighted by Crippen LogP contribution is 2.29. The Morgan fingerprint density at radius 1 is 1.42 bits per heavy atom. The second-order valence-corrected chi connectivity index (χ2v) is 7.23. The van der Waals surface area contributed by atoms with Crippen molar-refractivity contribution >= 4 is 27.3 Å². The number of halogens is 1. The molecule has 0 aromatic carbocycles. The van der Waals surface area contributed by atoms with E-state index in [1.165, 1.54) is 8.66 Å². The van der Waals surface area contributed by atoms with Crippen molar-refractivity contribution in [2.75, 3.05) is 7.05 Å². The van der Waals surface area contributed by atoms with Gasteiger partial charge in [-0.1, -0.05) is 6.92 Å². The predicted octanol–water partition coefficient (Wildman–Crippen LogP) is 4.18. The van der Waals surface area contributed by atoms with Gasteiger partial charge in [0.15, 0.2) is 0 Å². The number of thiophene rings is 1. The Morgan fingerprint density at radius 2 is 2.21 bits per heavy atom. The molecular weight excluding hydrogens is 322 g/mol. The molecule has 0 fully saturated rings. The van der Waals surface area contributed by atoms with E-state index < -0.39 is 0 Å². The minimum absolute atomic E-state index is 0.330. The zero-order valence-corrected chi connectivity index (χ0v) is 14.0. The molecule has 2 heterocycles. The third-order valence-electron chi connectivity index (χ3n) is 3.41. The average Bonchev–Trinajstić information content (AvgIpc) is 3.04. The minimum atomic E-state index is 0.330. The van der Waals surface area contributed by atoms with Crippen LogP contribution in [0, 0.1) is 0 Å². The highest BCUT2D eigenvalue weighted by Gasteiger charge is 2.14. The van der Waals surface area contributed by atoms with Gasteiger partial charge in [0.25, 0.3) is 0 Å². The molecule has 3 nitrogen and oxygen atoms in total. The second-order valence-electron chi connectivity index (χ2n) is 4.73. The van der Waals surface area contributed by atoms with Crippen LogP contribution in [0.3, 0.4) is 0 Å². The van der Waals surface area contributed by atoms with Crippen molar-refractivity contribution < 1.29 is 0 Å². The van der Waals surface area contributed by atoms with Crippen LogP contribution < -0.4 is 5.32 Å². The van der Waals surface area contributed by atoms with Crippen LogP contribution in [-0.2, 0) is 6.42 Å². The van der Waals surface area contributed by atoms with Crippen molar-refractivity contribution in [1.82, 2.24) is 15.1 Å². The van der Waals surface area contributed by atoms with Gasteiger partial charge in [-0.15, -0.1) is 11.3 Å². The molecule has 2 rings (SSSR count). The number of aromatic nitrogens is 2. The first-order valence-corrected chi connectivity index (χ1v) is 8.21. The zero-order chi connectivity index (χ0) is 13.8. The summed E-state index contributed by atoms with van der Waals surface area (Å²) < 4.78 is 3.24. The fourth-order valence-electron chi connectivity index (χ4n) is 1.99. The number of nitrogens with zero attached hydrogens (tertiary/aromatic N) is 2. The summed E-state index contributed by atoms with van der Waals surface area (Å²) in [7, 11) is 2.00. The molecule has 2 aromatic rings. The number of nitrogens with one attached hydrogen (secondary N) is 1. The van der Waals surface area contributed by atoms with Gasteiger partial charge in [0.1, 0.15) is 0 Å². The van der Waals surface area contributed by atoms with Crippen molar-refractivity contribution in [3.8, 4) is 0 Å². The first-order valence-electron chi connectivity index (χ1n) is 6.60. The number of hydrogen-bond acceptors (Lipinski definition) is 3. The lowest BCUT2D eigenvalue weighted by Crippen LogP contribution is -2.18. The standard InChI is InChI=1S/C14H20BrN3S/c1-4-10(2)18-8-7-11(17-18)9-12(16-3)13-5-6-14(15)19-13/h5-8,10,12,16H,4,9H2,1-3H3. The van der Waals surface area contributed by atoms with E-state index in [2.05, 4.69) is 69.3 Å². The first kappa shape index (κ1) is 14.8. The van der Waals surface area contributed by atoms with Crippen molar-refractivity contribution in [3.63, 3.8) is 0 Å². The molecule has 2 aromatic heterocycles. The highest BCUT2D eigenvalue weighted by molar-refractivity contribution is 9.11. The largest absolute Gasteiger partial charge is 0.312 e. The average molecular weight is 342 g/mol. The molecule has 0 saturated carbocycles. The van der Waals surface area contributed by atoms with Gasteiger partial charge >= 0.3 is 0 Å². The second kappa shape index (κ2) is 6.68. The lowest BCUT2D eigenvalue weighted by atomic mass is 10.1. The predicted molar refractivity (Wildman–Crippen MR) is 84.8 cm³/mol. The van der Waals surface area contributed by atoms with Gasteiger partial charge in [0.05, 0.1) is 9.48 Å². The fourth-order valence-corrected chi connectivity index (χ4v) is 3.52. The molecule has 2 atom stereocenters. The van der Waals surface area contributed by atoms with Crippen LogP contribution in [0.2, 0.25) is 0 Å². The highest BCUT2D eigenvalue weighted by atomic mass is 79.9. The van der Waals surface area contributed by atoms with Gasteiger partial charge < -0.3 is 5.32 Å². The summed E-state index contributed by atoms with van der Waals surface area (Å²) in [5, 5.41) is 8.04. The molecular formula is C14H20BrN3S. The van der Waals surface area contributed by atoms with Crippen molar-refractivity contribution in [2.24, 2.45) is 0 Å². The van der Waals surface area contributed by atoms with Gasteiger partial charge in [-0.3, -0.25) is 4.68 Å². The third-order valence-corrected chi connectivity index (χ3v) is 5.14. The van der Waals surface area contributed by atoms with E-state index >= 15 is 0 Å². The first-order chi connectivity index (χ1) is 9.13. The molecule has 5 heteroatoms. The van der Waals surface area contributed by atoms with Crippen molar-refractivity contribution in [1.29, 1.82) is 0 Å². The molecule has 2 unspecified atom stereocenters. The molecule has 0 bridgehead atoms. The van der Waals surface area contributed by atoms with Crippen LogP contribution in [0.25, 0.3) is 0 Å². The van der Waals surface area contributed by atoms with Crippen LogP contribution >= 0.6 is 27.3 Å². The molecule has 0 aliphatic carbocycles. The molecule has 1 N–H and O–H groups in total. The molecule has 19 heavy (non-hydrogen) atoms. The van der Waals surface area contributed by atoms with Gasteiger partial charge in [-0.05, 0) is 54.5 Å². The lowest BCUT2D eigenvalue weighted by molar-refractivity contribution is 0.469. The lowest BCUT2D eigenvalue weighted by Gasteiger charge is -2.13. The maximum atomic E-state index is 4.67. The summed E-state index contributed by atoms with van der Waals surface area (Å²) in [4.78, 5) is 1.34. The quantitative estimate of drug-likeness (QED) is 0.853. The Kier molecular flexibility index (Phi) is 5.19. The number of hydrogen-bond donors (Lipinski definition) is 1. The molecule has 0 saturated heterocycles. The van der Waals surface area contributed by atoms with Crippen LogP contribution in [-0.4, -0.2) is 16.8 Å². The summed E-state index contributed by atoms with van der Waals surface area (Å²) in [6.45, 7) is 4.38. The van der Waals surface area contributed by atoms with E-state index in [0.717, 1.165) is 18.5 Å². The minimum Gasteiger partial charge on any atom is -0.312 e. The monoisotopic (exact) mass is 341 g/mol. The molecule has 0 radical (unpaired) electrons. The smallest absolute Gasteiger partial charge is 0.0701 e. The molecule has 0 spiro atoms. The topological polar surface area (TPSA) is 29.9 Å². The van der Waals surface area contributed by atoms with Crippen LogP contribution in [0.4, 0.5) is 0 Å². The summed E-state index contributed by atoms with van der Waals surface area (Å²) >= 11 is 5.30.